The molecule has 2 N–H and O–H groups in total. The van der Waals surface area contributed by atoms with Crippen LogP contribution in [0.25, 0.3) is 0 Å². The van der Waals surface area contributed by atoms with E-state index in [1.54, 1.807) is 0 Å². The predicted octanol–water partition coefficient (Wildman–Crippen LogP) is 1.61. The van der Waals surface area contributed by atoms with Crippen LogP contribution in [0.3, 0.4) is 0 Å². The fourth-order valence-electron chi connectivity index (χ4n) is 3.15. The van der Waals surface area contributed by atoms with Crippen molar-refractivity contribution < 1.29 is 19.0 Å². The van der Waals surface area contributed by atoms with Crippen molar-refractivity contribution in [2.24, 2.45) is 0 Å². The third-order valence-electron chi connectivity index (χ3n) is 4.66. The lowest BCUT2D eigenvalue weighted by Gasteiger charge is -2.38. The van der Waals surface area contributed by atoms with Crippen LogP contribution in [0.5, 0.6) is 11.5 Å². The highest BCUT2D eigenvalue weighted by Crippen LogP contribution is 2.40. The smallest absolute Gasteiger partial charge is 0.231 e. The van der Waals surface area contributed by atoms with Crippen molar-refractivity contribution in [3.63, 3.8) is 0 Å². The van der Waals surface area contributed by atoms with Crippen molar-refractivity contribution in [2.75, 3.05) is 40.1 Å². The van der Waals surface area contributed by atoms with E-state index in [4.69, 9.17) is 14.2 Å². The topological polar surface area (TPSA) is 68.8 Å². The molecule has 0 saturated carbocycles. The lowest BCUT2D eigenvalue weighted by atomic mass is 9.74. The number of nitrogens with one attached hydrogen (secondary N) is 2. The monoisotopic (exact) mass is 356 g/mol. The number of amides is 1. The number of carbonyl (C=O) groups is 1. The Morgan fingerprint density at radius 1 is 1.21 bits per heavy atom. The second-order valence-electron chi connectivity index (χ2n) is 6.09. The molecule has 24 heavy (non-hydrogen) atoms. The fourth-order valence-corrected chi connectivity index (χ4v) is 3.15. The van der Waals surface area contributed by atoms with E-state index in [0.29, 0.717) is 32.7 Å². The van der Waals surface area contributed by atoms with E-state index >= 15 is 0 Å². The molecule has 0 spiro atoms. The predicted molar refractivity (Wildman–Crippen MR) is 93.1 cm³/mol. The third kappa shape index (κ3) is 4.12. The molecule has 6 nitrogen and oxygen atoms in total. The van der Waals surface area contributed by atoms with Crippen molar-refractivity contribution in [3.05, 3.63) is 23.8 Å². The average Bonchev–Trinajstić information content (AvgIpc) is 3.06. The lowest BCUT2D eigenvalue weighted by molar-refractivity contribution is -0.121. The van der Waals surface area contributed by atoms with Crippen molar-refractivity contribution in [2.45, 2.75) is 24.7 Å². The van der Waals surface area contributed by atoms with Crippen LogP contribution in [0.15, 0.2) is 18.2 Å². The van der Waals surface area contributed by atoms with Gasteiger partial charge in [0.1, 0.15) is 0 Å². The lowest BCUT2D eigenvalue weighted by Crippen LogP contribution is -2.45. The van der Waals surface area contributed by atoms with Gasteiger partial charge in [-0.05, 0) is 37.6 Å². The number of hydrogen-bond acceptors (Lipinski definition) is 5. The SMILES string of the molecule is CNCCC(=O)NCC1(c2ccc3c(c2)OCO3)CCOCC1.Cl. The Hall–Kier alpha value is -1.50. The van der Waals surface area contributed by atoms with Gasteiger partial charge in [-0.2, -0.15) is 0 Å². The molecule has 1 fully saturated rings. The summed E-state index contributed by atoms with van der Waals surface area (Å²) in [6.07, 6.45) is 2.27. The van der Waals surface area contributed by atoms with Crippen molar-refractivity contribution >= 4 is 18.3 Å². The molecule has 1 amide bonds. The molecule has 0 radical (unpaired) electrons. The molecule has 7 heteroatoms. The van der Waals surface area contributed by atoms with Gasteiger partial charge < -0.3 is 24.8 Å². The summed E-state index contributed by atoms with van der Waals surface area (Å²) in [4.78, 5) is 12.0. The Labute approximate surface area is 148 Å². The fraction of sp³-hybridized carbons (Fsp3) is 0.588. The first-order valence-corrected chi connectivity index (χ1v) is 8.13. The molecule has 1 aromatic carbocycles. The van der Waals surface area contributed by atoms with Gasteiger partial charge in [0.05, 0.1) is 0 Å². The van der Waals surface area contributed by atoms with E-state index in [1.807, 2.05) is 19.2 Å². The third-order valence-corrected chi connectivity index (χ3v) is 4.66. The summed E-state index contributed by atoms with van der Waals surface area (Å²) in [5.41, 5.74) is 1.08. The Kier molecular flexibility index (Phi) is 6.71. The molecule has 3 rings (SSSR count). The van der Waals surface area contributed by atoms with Gasteiger partial charge in [0.25, 0.3) is 0 Å². The number of carbonyl (C=O) groups excluding carboxylic acids is 1. The van der Waals surface area contributed by atoms with Crippen LogP contribution in [0.2, 0.25) is 0 Å². The van der Waals surface area contributed by atoms with Gasteiger partial charge in [-0.3, -0.25) is 4.79 Å². The van der Waals surface area contributed by atoms with Crippen molar-refractivity contribution in [1.29, 1.82) is 0 Å². The largest absolute Gasteiger partial charge is 0.454 e. The second-order valence-corrected chi connectivity index (χ2v) is 6.09. The van der Waals surface area contributed by atoms with E-state index in [9.17, 15) is 4.79 Å². The quantitative estimate of drug-likeness (QED) is 0.810. The number of benzene rings is 1. The normalized spacial score (nSPS) is 17.9. The minimum atomic E-state index is -0.103. The number of rotatable bonds is 6. The summed E-state index contributed by atoms with van der Waals surface area (Å²) in [5, 5.41) is 6.08. The van der Waals surface area contributed by atoms with Crippen molar-refractivity contribution in [3.8, 4) is 11.5 Å². The Balaban J connectivity index is 0.00000208. The van der Waals surface area contributed by atoms with Gasteiger partial charge in [0, 0.05) is 38.1 Å². The summed E-state index contributed by atoms with van der Waals surface area (Å²) in [5.74, 6) is 1.65. The zero-order valence-corrected chi connectivity index (χ0v) is 14.7. The standard InChI is InChI=1S/C17H24N2O4.ClH/c1-18-7-4-16(20)19-11-17(5-8-21-9-6-17)13-2-3-14-15(10-13)23-12-22-14;/h2-3,10,18H,4-9,11-12H2,1H3,(H,19,20);1H. The van der Waals surface area contributed by atoms with Gasteiger partial charge in [0.15, 0.2) is 11.5 Å². The van der Waals surface area contributed by atoms with Crippen LogP contribution >= 0.6 is 12.4 Å². The highest BCUT2D eigenvalue weighted by atomic mass is 35.5. The molecule has 2 heterocycles. The van der Waals surface area contributed by atoms with Gasteiger partial charge >= 0.3 is 0 Å². The van der Waals surface area contributed by atoms with Gasteiger partial charge in [-0.15, -0.1) is 12.4 Å². The summed E-state index contributed by atoms with van der Waals surface area (Å²) in [6, 6.07) is 6.09. The van der Waals surface area contributed by atoms with E-state index in [-0.39, 0.29) is 30.5 Å². The van der Waals surface area contributed by atoms with Crippen molar-refractivity contribution in [1.82, 2.24) is 10.6 Å². The molecule has 0 aromatic heterocycles. The van der Waals surface area contributed by atoms with E-state index in [2.05, 4.69) is 16.7 Å². The van der Waals surface area contributed by atoms with E-state index in [0.717, 1.165) is 24.3 Å². The number of ether oxygens (including phenoxy) is 3. The highest BCUT2D eigenvalue weighted by molar-refractivity contribution is 5.85. The summed E-state index contributed by atoms with van der Waals surface area (Å²) in [6.45, 7) is 3.00. The molecule has 1 aromatic rings. The van der Waals surface area contributed by atoms with E-state index in [1.165, 1.54) is 5.56 Å². The molecule has 1 saturated heterocycles. The maximum absolute atomic E-state index is 12.0. The minimum absolute atomic E-state index is 0. The molecule has 2 aliphatic heterocycles. The second kappa shape index (κ2) is 8.55. The Morgan fingerprint density at radius 2 is 1.96 bits per heavy atom. The highest BCUT2D eigenvalue weighted by Gasteiger charge is 2.36. The molecule has 0 bridgehead atoms. The van der Waals surface area contributed by atoms with Gasteiger partial charge in [-0.25, -0.2) is 0 Å². The molecule has 0 unspecified atom stereocenters. The van der Waals surface area contributed by atoms with Crippen LogP contribution in [-0.4, -0.2) is 46.1 Å². The van der Waals surface area contributed by atoms with Gasteiger partial charge in [0.2, 0.25) is 12.7 Å². The molecule has 0 atom stereocenters. The van der Waals surface area contributed by atoms with Crippen LogP contribution in [0.4, 0.5) is 0 Å². The first-order chi connectivity index (χ1) is 11.2. The van der Waals surface area contributed by atoms with Crippen LogP contribution < -0.4 is 20.1 Å². The molecule has 134 valence electrons. The summed E-state index contributed by atoms with van der Waals surface area (Å²) >= 11 is 0. The molecular formula is C17H25ClN2O4. The van der Waals surface area contributed by atoms with Crippen LogP contribution in [0, 0.1) is 0 Å². The summed E-state index contributed by atoms with van der Waals surface area (Å²) in [7, 11) is 1.85. The van der Waals surface area contributed by atoms with Crippen LogP contribution in [0.1, 0.15) is 24.8 Å². The first-order valence-electron chi connectivity index (χ1n) is 8.13. The number of hydrogen-bond donors (Lipinski definition) is 2. The molecular weight excluding hydrogens is 332 g/mol. The van der Waals surface area contributed by atoms with Gasteiger partial charge in [-0.1, -0.05) is 6.07 Å². The minimum Gasteiger partial charge on any atom is -0.454 e. The molecule has 2 aliphatic rings. The van der Waals surface area contributed by atoms with Crippen LogP contribution in [-0.2, 0) is 14.9 Å². The summed E-state index contributed by atoms with van der Waals surface area (Å²) < 4.78 is 16.4. The zero-order chi connectivity index (χ0) is 16.1. The van der Waals surface area contributed by atoms with E-state index < -0.39 is 0 Å². The number of halogens is 1. The first kappa shape index (κ1) is 18.8. The number of fused-ring (bicyclic) bond motifs is 1. The Bertz CT molecular complexity index is 562. The maximum atomic E-state index is 12.0. The molecule has 0 aliphatic carbocycles. The Morgan fingerprint density at radius 3 is 2.71 bits per heavy atom. The maximum Gasteiger partial charge on any atom is 0.231 e. The average molecular weight is 357 g/mol. The zero-order valence-electron chi connectivity index (χ0n) is 13.9.